The van der Waals surface area contributed by atoms with Crippen LogP contribution in [-0.4, -0.2) is 26.9 Å². The van der Waals surface area contributed by atoms with Crippen LogP contribution in [0.3, 0.4) is 0 Å². The zero-order valence-electron chi connectivity index (χ0n) is 11.5. The molecule has 1 aromatic rings. The van der Waals surface area contributed by atoms with E-state index in [1.165, 1.54) is 6.07 Å². The van der Waals surface area contributed by atoms with Gasteiger partial charge in [0, 0.05) is 24.8 Å². The molecule has 0 spiro atoms. The average Bonchev–Trinajstić information content (AvgIpc) is 2.37. The van der Waals surface area contributed by atoms with Gasteiger partial charge in [0.1, 0.15) is 11.6 Å². The molecule has 102 valence electrons. The van der Waals surface area contributed by atoms with Crippen LogP contribution in [0.4, 0.5) is 4.39 Å². The lowest BCUT2D eigenvalue weighted by Gasteiger charge is -2.23. The number of nitrogens with one attached hydrogen (secondary N) is 1. The summed E-state index contributed by atoms with van der Waals surface area (Å²) >= 11 is 0. The van der Waals surface area contributed by atoms with Crippen LogP contribution in [0.25, 0.3) is 0 Å². The van der Waals surface area contributed by atoms with E-state index in [0.29, 0.717) is 17.9 Å². The quantitative estimate of drug-likeness (QED) is 0.812. The highest BCUT2D eigenvalue weighted by atomic mass is 19.1. The van der Waals surface area contributed by atoms with E-state index in [1.54, 1.807) is 26.4 Å². The minimum atomic E-state index is -0.249. The van der Waals surface area contributed by atoms with Crippen molar-refractivity contribution in [2.45, 2.75) is 32.4 Å². The van der Waals surface area contributed by atoms with Crippen molar-refractivity contribution in [3.05, 3.63) is 29.6 Å². The van der Waals surface area contributed by atoms with E-state index in [4.69, 9.17) is 9.47 Å². The van der Waals surface area contributed by atoms with Gasteiger partial charge in [-0.05, 0) is 25.5 Å². The molecule has 0 aliphatic rings. The molecule has 0 aliphatic heterocycles. The molecule has 1 rings (SSSR count). The Morgan fingerprint density at radius 3 is 2.61 bits per heavy atom. The van der Waals surface area contributed by atoms with Gasteiger partial charge in [0.2, 0.25) is 0 Å². The average molecular weight is 255 g/mol. The molecule has 0 radical (unpaired) electrons. The summed E-state index contributed by atoms with van der Waals surface area (Å²) in [5.41, 5.74) is 0.564. The maximum absolute atomic E-state index is 13.9. The summed E-state index contributed by atoms with van der Waals surface area (Å²) in [4.78, 5) is 0. The molecule has 0 bridgehead atoms. The number of halogens is 1. The van der Waals surface area contributed by atoms with E-state index < -0.39 is 0 Å². The first-order valence-electron chi connectivity index (χ1n) is 6.21. The highest BCUT2D eigenvalue weighted by molar-refractivity contribution is 5.36. The van der Waals surface area contributed by atoms with E-state index in [0.717, 1.165) is 6.42 Å². The molecule has 1 aromatic carbocycles. The summed E-state index contributed by atoms with van der Waals surface area (Å²) < 4.78 is 24.2. The van der Waals surface area contributed by atoms with Gasteiger partial charge in [-0.1, -0.05) is 13.0 Å². The van der Waals surface area contributed by atoms with Crippen molar-refractivity contribution < 1.29 is 13.9 Å². The third kappa shape index (κ3) is 3.68. The Morgan fingerprint density at radius 1 is 1.33 bits per heavy atom. The summed E-state index contributed by atoms with van der Waals surface area (Å²) in [5.74, 6) is 0.323. The van der Waals surface area contributed by atoms with Crippen LogP contribution in [0.1, 0.15) is 31.9 Å². The summed E-state index contributed by atoms with van der Waals surface area (Å²) in [7, 11) is 3.22. The van der Waals surface area contributed by atoms with Gasteiger partial charge in [-0.2, -0.15) is 0 Å². The smallest absolute Gasteiger partial charge is 0.131 e. The summed E-state index contributed by atoms with van der Waals surface area (Å²) in [5, 5.41) is 3.35. The van der Waals surface area contributed by atoms with Crippen molar-refractivity contribution in [1.82, 2.24) is 5.32 Å². The third-order valence-corrected chi connectivity index (χ3v) is 3.01. The van der Waals surface area contributed by atoms with Crippen molar-refractivity contribution in [3.8, 4) is 5.75 Å². The van der Waals surface area contributed by atoms with Gasteiger partial charge in [-0.15, -0.1) is 0 Å². The molecule has 0 heterocycles. The Balaban J connectivity index is 2.85. The number of hydrogen-bond donors (Lipinski definition) is 1. The lowest BCUT2D eigenvalue weighted by atomic mass is 10.0. The van der Waals surface area contributed by atoms with E-state index in [9.17, 15) is 4.39 Å². The van der Waals surface area contributed by atoms with Gasteiger partial charge < -0.3 is 14.8 Å². The van der Waals surface area contributed by atoms with Gasteiger partial charge in [0.25, 0.3) is 0 Å². The normalized spacial score (nSPS) is 14.3. The summed E-state index contributed by atoms with van der Waals surface area (Å²) in [6, 6.07) is 4.95. The Hall–Kier alpha value is -1.13. The second-order valence-corrected chi connectivity index (χ2v) is 4.30. The molecule has 0 aliphatic carbocycles. The van der Waals surface area contributed by atoms with Crippen molar-refractivity contribution >= 4 is 0 Å². The molecule has 2 atom stereocenters. The molecular formula is C14H22FNO2. The number of methoxy groups -OCH3 is 2. The molecule has 0 saturated heterocycles. The minimum Gasteiger partial charge on any atom is -0.496 e. The molecule has 18 heavy (non-hydrogen) atoms. The largest absolute Gasteiger partial charge is 0.496 e. The Bertz CT molecular complexity index is 371. The second-order valence-electron chi connectivity index (χ2n) is 4.30. The van der Waals surface area contributed by atoms with Crippen molar-refractivity contribution in [2.75, 3.05) is 20.8 Å². The van der Waals surface area contributed by atoms with Gasteiger partial charge in [-0.25, -0.2) is 4.39 Å². The van der Waals surface area contributed by atoms with Crippen LogP contribution in [0.15, 0.2) is 18.2 Å². The molecule has 1 N–H and O–H groups in total. The molecular weight excluding hydrogens is 233 g/mol. The third-order valence-electron chi connectivity index (χ3n) is 3.01. The predicted octanol–water partition coefficient (Wildman–Crippen LogP) is 2.91. The standard InChI is InChI=1S/C14H22FNO2/c1-5-11(9-17-3)16-10(2)14-12(15)7-6-8-13(14)18-4/h6-8,10-11,16H,5,9H2,1-4H3. The molecule has 3 nitrogen and oxygen atoms in total. The van der Waals surface area contributed by atoms with Gasteiger partial charge in [0.15, 0.2) is 0 Å². The van der Waals surface area contributed by atoms with Crippen LogP contribution >= 0.6 is 0 Å². The topological polar surface area (TPSA) is 30.5 Å². The fourth-order valence-corrected chi connectivity index (χ4v) is 2.04. The Morgan fingerprint density at radius 2 is 2.06 bits per heavy atom. The van der Waals surface area contributed by atoms with Crippen LogP contribution in [0.2, 0.25) is 0 Å². The van der Waals surface area contributed by atoms with Crippen LogP contribution < -0.4 is 10.1 Å². The van der Waals surface area contributed by atoms with Crippen molar-refractivity contribution in [3.63, 3.8) is 0 Å². The fourth-order valence-electron chi connectivity index (χ4n) is 2.04. The molecule has 0 amide bonds. The zero-order chi connectivity index (χ0) is 13.5. The van der Waals surface area contributed by atoms with Crippen LogP contribution in [0.5, 0.6) is 5.75 Å². The highest BCUT2D eigenvalue weighted by Crippen LogP contribution is 2.28. The first-order chi connectivity index (χ1) is 8.63. The molecule has 0 fully saturated rings. The second kappa shape index (κ2) is 7.34. The first-order valence-corrected chi connectivity index (χ1v) is 6.21. The number of rotatable bonds is 7. The zero-order valence-corrected chi connectivity index (χ0v) is 11.5. The van der Waals surface area contributed by atoms with Crippen LogP contribution in [-0.2, 0) is 4.74 Å². The van der Waals surface area contributed by atoms with Gasteiger partial charge in [0.05, 0.1) is 13.7 Å². The summed E-state index contributed by atoms with van der Waals surface area (Å²) in [6.07, 6.45) is 0.926. The van der Waals surface area contributed by atoms with E-state index in [2.05, 4.69) is 12.2 Å². The maximum atomic E-state index is 13.9. The van der Waals surface area contributed by atoms with Crippen molar-refractivity contribution in [1.29, 1.82) is 0 Å². The highest BCUT2D eigenvalue weighted by Gasteiger charge is 2.18. The SMILES string of the molecule is CCC(COC)NC(C)c1c(F)cccc1OC. The fraction of sp³-hybridized carbons (Fsp3) is 0.571. The molecule has 0 saturated carbocycles. The Kier molecular flexibility index (Phi) is 6.09. The van der Waals surface area contributed by atoms with Gasteiger partial charge >= 0.3 is 0 Å². The predicted molar refractivity (Wildman–Crippen MR) is 70.5 cm³/mol. The van der Waals surface area contributed by atoms with E-state index >= 15 is 0 Å². The minimum absolute atomic E-state index is 0.124. The lowest BCUT2D eigenvalue weighted by Crippen LogP contribution is -2.35. The molecule has 4 heteroatoms. The van der Waals surface area contributed by atoms with Gasteiger partial charge in [-0.3, -0.25) is 0 Å². The lowest BCUT2D eigenvalue weighted by molar-refractivity contribution is 0.159. The number of hydrogen-bond acceptors (Lipinski definition) is 3. The molecule has 2 unspecified atom stereocenters. The van der Waals surface area contributed by atoms with Crippen molar-refractivity contribution in [2.24, 2.45) is 0 Å². The number of ether oxygens (including phenoxy) is 2. The number of benzene rings is 1. The monoisotopic (exact) mass is 255 g/mol. The van der Waals surface area contributed by atoms with E-state index in [1.807, 2.05) is 6.92 Å². The van der Waals surface area contributed by atoms with E-state index in [-0.39, 0.29) is 17.9 Å². The summed E-state index contributed by atoms with van der Waals surface area (Å²) in [6.45, 7) is 4.61. The first kappa shape index (κ1) is 14.9. The molecule has 0 aromatic heterocycles. The van der Waals surface area contributed by atoms with Crippen LogP contribution in [0, 0.1) is 5.82 Å². The Labute approximate surface area is 108 Å². The maximum Gasteiger partial charge on any atom is 0.131 e.